The van der Waals surface area contributed by atoms with Gasteiger partial charge in [-0.05, 0) is 59.9 Å². The van der Waals surface area contributed by atoms with Crippen molar-refractivity contribution in [3.05, 3.63) is 58.8 Å². The smallest absolute Gasteiger partial charge is 0.543 e. The van der Waals surface area contributed by atoms with Crippen LogP contribution in [0, 0.1) is 5.92 Å². The van der Waals surface area contributed by atoms with Crippen LogP contribution in [-0.2, 0) is 19.4 Å². The Morgan fingerprint density at radius 3 is 2.36 bits per heavy atom. The van der Waals surface area contributed by atoms with Crippen LogP contribution >= 0.6 is 0 Å². The zero-order valence-corrected chi connectivity index (χ0v) is 21.0. The van der Waals surface area contributed by atoms with E-state index in [-0.39, 0.29) is 57.9 Å². The van der Waals surface area contributed by atoms with Crippen LogP contribution in [0.15, 0.2) is 47.0 Å². The summed E-state index contributed by atoms with van der Waals surface area (Å²) in [5.74, 6) is -2.91. The van der Waals surface area contributed by atoms with Crippen LogP contribution in [-0.4, -0.2) is 54.5 Å². The zero-order valence-electron chi connectivity index (χ0n) is 18.2. The third-order valence-electron chi connectivity index (χ3n) is 6.49. The van der Waals surface area contributed by atoms with Crippen molar-refractivity contribution in [2.24, 2.45) is 5.92 Å². The minimum atomic E-state index is -3.49. The molecule has 2 heterocycles. The molecule has 2 aromatic carbocycles. The third kappa shape index (κ3) is 3.41. The number of aliphatic hydroxyl groups is 1. The van der Waals surface area contributed by atoms with Crippen molar-refractivity contribution in [1.82, 2.24) is 4.90 Å². The molecule has 3 aliphatic rings. The second kappa shape index (κ2) is 7.89. The molecule has 1 N–H and O–H groups in total. The molecule has 0 saturated carbocycles. The van der Waals surface area contributed by atoms with Crippen LogP contribution in [0.2, 0.25) is 0 Å². The van der Waals surface area contributed by atoms with Crippen LogP contribution in [0.1, 0.15) is 34.8 Å². The summed E-state index contributed by atoms with van der Waals surface area (Å²) in [6, 6.07) is 8.79. The minimum Gasteiger partial charge on any atom is -0.543 e. The molecule has 33 heavy (non-hydrogen) atoms. The molecule has 0 spiro atoms. The van der Waals surface area contributed by atoms with Gasteiger partial charge in [0.25, 0.3) is 0 Å². The molecule has 164 valence electrons. The van der Waals surface area contributed by atoms with Crippen molar-refractivity contribution >= 4 is 33.1 Å². The SMILES string of the molecule is C[C@@H](O)[C@H]1C(=O)N2C(C(=O)[O-])=C(c3ccc4c(c3)-c3ccc(S(C)(=O)=O)cc3C4=O)C[C@H]12.[Na+]. The Labute approximate surface area is 212 Å². The first-order valence-corrected chi connectivity index (χ1v) is 11.9. The van der Waals surface area contributed by atoms with Crippen molar-refractivity contribution in [2.45, 2.75) is 30.4 Å². The number of carbonyl (C=O) groups excluding carboxylic acids is 3. The molecular weight excluding hydrogens is 457 g/mol. The maximum Gasteiger partial charge on any atom is 1.00 e. The van der Waals surface area contributed by atoms with Crippen molar-refractivity contribution in [2.75, 3.05) is 6.26 Å². The largest absolute Gasteiger partial charge is 1.00 e. The monoisotopic (exact) mass is 475 g/mol. The molecule has 1 fully saturated rings. The van der Waals surface area contributed by atoms with E-state index < -0.39 is 39.8 Å². The van der Waals surface area contributed by atoms with Gasteiger partial charge in [0.1, 0.15) is 0 Å². The number of nitrogens with zero attached hydrogens (tertiary/aromatic N) is 1. The van der Waals surface area contributed by atoms with E-state index in [1.807, 2.05) is 0 Å². The maximum absolute atomic E-state index is 12.9. The third-order valence-corrected chi connectivity index (χ3v) is 7.60. The van der Waals surface area contributed by atoms with E-state index in [4.69, 9.17) is 0 Å². The average molecular weight is 475 g/mol. The van der Waals surface area contributed by atoms with Gasteiger partial charge in [-0.2, -0.15) is 0 Å². The number of amides is 1. The molecular formula is C23H18NNaO7S. The zero-order chi connectivity index (χ0) is 23.1. The van der Waals surface area contributed by atoms with Crippen molar-refractivity contribution in [3.8, 4) is 11.1 Å². The molecule has 0 radical (unpaired) electrons. The first kappa shape index (κ1) is 23.8. The van der Waals surface area contributed by atoms with Crippen LogP contribution in [0.25, 0.3) is 16.7 Å². The van der Waals surface area contributed by atoms with Crippen LogP contribution < -0.4 is 34.7 Å². The number of benzene rings is 2. The van der Waals surface area contributed by atoms with E-state index in [1.54, 1.807) is 24.3 Å². The summed E-state index contributed by atoms with van der Waals surface area (Å²) in [5.41, 5.74) is 2.52. The predicted octanol–water partition coefficient (Wildman–Crippen LogP) is -2.62. The van der Waals surface area contributed by atoms with Gasteiger partial charge >= 0.3 is 29.6 Å². The summed E-state index contributed by atoms with van der Waals surface area (Å²) in [6.07, 6.45) is 0.412. The average Bonchev–Trinajstić information content (AvgIpc) is 3.20. The van der Waals surface area contributed by atoms with Gasteiger partial charge < -0.3 is 19.9 Å². The summed E-state index contributed by atoms with van der Waals surface area (Å²) in [7, 11) is -3.49. The van der Waals surface area contributed by atoms with E-state index in [0.717, 1.165) is 6.26 Å². The maximum atomic E-state index is 12.9. The number of hydrogen-bond donors (Lipinski definition) is 1. The fourth-order valence-corrected chi connectivity index (χ4v) is 5.64. The summed E-state index contributed by atoms with van der Waals surface area (Å²) >= 11 is 0. The van der Waals surface area contributed by atoms with Gasteiger partial charge in [0, 0.05) is 17.4 Å². The van der Waals surface area contributed by atoms with Gasteiger partial charge in [-0.3, -0.25) is 9.59 Å². The molecule has 0 aromatic heterocycles. The number of rotatable bonds is 4. The van der Waals surface area contributed by atoms with Gasteiger partial charge in [0.15, 0.2) is 15.6 Å². The molecule has 0 unspecified atom stereocenters. The standard InChI is InChI=1S/C23H19NO7S.Na/c1-10(25)19-18-9-15(20(23(28)29)24(18)22(19)27)11-3-5-14-16(7-11)13-6-4-12(32(2,30)31)8-17(13)21(14)26;/h3-8,10,18-19,25H,9H2,1-2H3,(H,28,29);/q;+1/p-1/t10-,18-,19-;/m1./s1. The number of hydrogen-bond acceptors (Lipinski definition) is 7. The van der Waals surface area contributed by atoms with E-state index in [9.17, 15) is 33.0 Å². The fourth-order valence-electron chi connectivity index (χ4n) is 4.99. The first-order valence-electron chi connectivity index (χ1n) is 10.00. The van der Waals surface area contributed by atoms with Crippen molar-refractivity contribution in [1.29, 1.82) is 0 Å². The molecule has 5 rings (SSSR count). The number of sulfone groups is 1. The number of ketones is 1. The predicted molar refractivity (Wildman–Crippen MR) is 111 cm³/mol. The summed E-state index contributed by atoms with van der Waals surface area (Å²) < 4.78 is 23.8. The number of fused-ring (bicyclic) bond motifs is 4. The second-order valence-electron chi connectivity index (χ2n) is 8.43. The molecule has 8 nitrogen and oxygen atoms in total. The molecule has 1 amide bonds. The molecule has 2 aromatic rings. The van der Waals surface area contributed by atoms with Crippen LogP contribution in [0.4, 0.5) is 0 Å². The number of carbonyl (C=O) groups is 3. The van der Waals surface area contributed by atoms with E-state index >= 15 is 0 Å². The second-order valence-corrected chi connectivity index (χ2v) is 10.4. The quantitative estimate of drug-likeness (QED) is 0.323. The van der Waals surface area contributed by atoms with Gasteiger partial charge in [-0.15, -0.1) is 0 Å². The molecule has 0 bridgehead atoms. The van der Waals surface area contributed by atoms with Gasteiger partial charge in [-0.25, -0.2) is 8.42 Å². The Balaban J connectivity index is 0.00000259. The van der Waals surface area contributed by atoms with Gasteiger partial charge in [-0.1, -0.05) is 12.1 Å². The molecule has 1 aliphatic carbocycles. The normalized spacial score (nSPS) is 21.7. The van der Waals surface area contributed by atoms with Gasteiger partial charge in [0.2, 0.25) is 5.91 Å². The molecule has 3 atom stereocenters. The minimum absolute atomic E-state index is 0. The topological polar surface area (TPSA) is 132 Å². The number of carboxylic acids is 1. The van der Waals surface area contributed by atoms with E-state index in [0.29, 0.717) is 27.8 Å². The fraction of sp³-hybridized carbons (Fsp3) is 0.261. The van der Waals surface area contributed by atoms with E-state index in [1.165, 1.54) is 24.0 Å². The van der Waals surface area contributed by atoms with E-state index in [2.05, 4.69) is 0 Å². The Bertz CT molecular complexity index is 1390. The summed E-state index contributed by atoms with van der Waals surface area (Å²) in [6.45, 7) is 1.50. The molecule has 1 saturated heterocycles. The Morgan fingerprint density at radius 2 is 1.76 bits per heavy atom. The van der Waals surface area contributed by atoms with Crippen molar-refractivity contribution in [3.63, 3.8) is 0 Å². The van der Waals surface area contributed by atoms with Gasteiger partial charge in [0.05, 0.1) is 34.6 Å². The molecule has 10 heteroatoms. The summed E-state index contributed by atoms with van der Waals surface area (Å²) in [5, 5.41) is 21.8. The Morgan fingerprint density at radius 1 is 1.09 bits per heavy atom. The van der Waals surface area contributed by atoms with Crippen LogP contribution in [0.5, 0.6) is 0 Å². The van der Waals surface area contributed by atoms with Crippen molar-refractivity contribution < 1.29 is 62.6 Å². The first-order chi connectivity index (χ1) is 15.0. The van der Waals surface area contributed by atoms with Crippen LogP contribution in [0.3, 0.4) is 0 Å². The molecule has 2 aliphatic heterocycles. The number of aliphatic hydroxyl groups excluding tert-OH is 1. The number of β-lactam (4-membered cyclic amide) rings is 1. The number of aliphatic carboxylic acids is 1. The Kier molecular flexibility index (Phi) is 5.70. The number of carboxylic acid groups (broad SMARTS) is 1. The summed E-state index contributed by atoms with van der Waals surface area (Å²) in [4.78, 5) is 38.4. The Hall–Kier alpha value is -2.30.